The van der Waals surface area contributed by atoms with Gasteiger partial charge in [-0.15, -0.1) is 0 Å². The highest BCUT2D eigenvalue weighted by molar-refractivity contribution is 6.36. The number of hydrogen-bond acceptors (Lipinski definition) is 3. The first-order valence-corrected chi connectivity index (χ1v) is 7.61. The van der Waals surface area contributed by atoms with Gasteiger partial charge in [-0.05, 0) is 37.5 Å². The lowest BCUT2D eigenvalue weighted by Crippen LogP contribution is -2.45. The monoisotopic (exact) mass is 329 g/mol. The molecule has 0 saturated carbocycles. The number of ether oxygens (including phenoxy) is 1. The van der Waals surface area contributed by atoms with Crippen LogP contribution in [-0.4, -0.2) is 36.5 Å². The van der Waals surface area contributed by atoms with E-state index in [9.17, 15) is 9.59 Å². The molecule has 1 saturated heterocycles. The highest BCUT2D eigenvalue weighted by atomic mass is 35.5. The topological polar surface area (TPSA) is 46.6 Å². The zero-order valence-electron chi connectivity index (χ0n) is 11.8. The molecular weight excluding hydrogens is 313 g/mol. The van der Waals surface area contributed by atoms with Gasteiger partial charge < -0.3 is 9.64 Å². The molecule has 4 nitrogen and oxygen atoms in total. The van der Waals surface area contributed by atoms with Crippen molar-refractivity contribution in [1.82, 2.24) is 4.90 Å². The molecule has 6 heteroatoms. The number of amides is 1. The molecule has 0 N–H and O–H groups in total. The largest absolute Gasteiger partial charge is 0.469 e. The van der Waals surface area contributed by atoms with Crippen molar-refractivity contribution in [2.24, 2.45) is 0 Å². The van der Waals surface area contributed by atoms with Crippen LogP contribution in [0.4, 0.5) is 0 Å². The van der Waals surface area contributed by atoms with E-state index in [1.807, 2.05) is 0 Å². The Morgan fingerprint density at radius 1 is 1.33 bits per heavy atom. The first-order chi connectivity index (χ1) is 10.0. The zero-order chi connectivity index (χ0) is 15.4. The summed E-state index contributed by atoms with van der Waals surface area (Å²) in [5.41, 5.74) is 0.415. The number of nitrogens with zero attached hydrogens (tertiary/aromatic N) is 1. The van der Waals surface area contributed by atoms with Gasteiger partial charge in [-0.3, -0.25) is 9.59 Å². The van der Waals surface area contributed by atoms with E-state index in [0.717, 1.165) is 19.3 Å². The van der Waals surface area contributed by atoms with Crippen LogP contribution in [0.2, 0.25) is 10.0 Å². The van der Waals surface area contributed by atoms with Crippen LogP contribution >= 0.6 is 23.2 Å². The number of carbonyl (C=O) groups is 2. The summed E-state index contributed by atoms with van der Waals surface area (Å²) in [4.78, 5) is 25.9. The maximum absolute atomic E-state index is 12.7. The minimum atomic E-state index is -0.304. The Balaban J connectivity index is 2.20. The Labute approximate surface area is 134 Å². The molecule has 1 aromatic carbocycles. The number of benzene rings is 1. The molecule has 1 atom stereocenters. The second-order valence-corrected chi connectivity index (χ2v) is 5.90. The highest BCUT2D eigenvalue weighted by Crippen LogP contribution is 2.27. The molecule has 1 aliphatic rings. The average molecular weight is 330 g/mol. The normalized spacial score (nSPS) is 18.4. The fraction of sp³-hybridized carbons (Fsp3) is 0.467. The molecule has 1 aliphatic heterocycles. The predicted octanol–water partition coefficient (Wildman–Crippen LogP) is 3.55. The number of carbonyl (C=O) groups excluding carboxylic acids is 2. The Kier molecular flexibility index (Phi) is 5.48. The van der Waals surface area contributed by atoms with Crippen LogP contribution in [0, 0.1) is 0 Å². The van der Waals surface area contributed by atoms with Crippen molar-refractivity contribution in [3.8, 4) is 0 Å². The minimum Gasteiger partial charge on any atom is -0.469 e. The standard InChI is InChI=1S/C15H17Cl2NO3/c1-21-14(19)9-11-4-2-3-7-18(11)15(20)12-6-5-10(16)8-13(12)17/h5-6,8,11H,2-4,7,9H2,1H3. The van der Waals surface area contributed by atoms with Crippen molar-refractivity contribution in [2.45, 2.75) is 31.7 Å². The van der Waals surface area contributed by atoms with E-state index in [2.05, 4.69) is 0 Å². The molecule has 0 radical (unpaired) electrons. The number of likely N-dealkylation sites (tertiary alicyclic amines) is 1. The molecule has 0 bridgehead atoms. The quantitative estimate of drug-likeness (QED) is 0.796. The van der Waals surface area contributed by atoms with E-state index in [-0.39, 0.29) is 24.3 Å². The number of methoxy groups -OCH3 is 1. The van der Waals surface area contributed by atoms with Crippen LogP contribution in [0.15, 0.2) is 18.2 Å². The Morgan fingerprint density at radius 3 is 2.76 bits per heavy atom. The lowest BCUT2D eigenvalue weighted by Gasteiger charge is -2.35. The van der Waals surface area contributed by atoms with Crippen LogP contribution in [0.1, 0.15) is 36.0 Å². The van der Waals surface area contributed by atoms with Crippen molar-refractivity contribution in [1.29, 1.82) is 0 Å². The number of rotatable bonds is 3. The summed E-state index contributed by atoms with van der Waals surface area (Å²) in [5.74, 6) is -0.466. The Morgan fingerprint density at radius 2 is 2.10 bits per heavy atom. The number of halogens is 2. The van der Waals surface area contributed by atoms with E-state index in [0.29, 0.717) is 22.2 Å². The van der Waals surface area contributed by atoms with Gasteiger partial charge in [-0.1, -0.05) is 23.2 Å². The van der Waals surface area contributed by atoms with Crippen molar-refractivity contribution < 1.29 is 14.3 Å². The van der Waals surface area contributed by atoms with Crippen molar-refractivity contribution >= 4 is 35.1 Å². The Hall–Kier alpha value is -1.26. The maximum Gasteiger partial charge on any atom is 0.307 e. The molecule has 21 heavy (non-hydrogen) atoms. The lowest BCUT2D eigenvalue weighted by molar-refractivity contribution is -0.142. The first kappa shape index (κ1) is 16.1. The van der Waals surface area contributed by atoms with E-state index in [4.69, 9.17) is 27.9 Å². The van der Waals surface area contributed by atoms with E-state index >= 15 is 0 Å². The van der Waals surface area contributed by atoms with Gasteiger partial charge in [0.25, 0.3) is 5.91 Å². The number of hydrogen-bond donors (Lipinski definition) is 0. The lowest BCUT2D eigenvalue weighted by atomic mass is 9.98. The van der Waals surface area contributed by atoms with Crippen LogP contribution in [-0.2, 0) is 9.53 Å². The van der Waals surface area contributed by atoms with Crippen LogP contribution in [0.5, 0.6) is 0 Å². The van der Waals surface area contributed by atoms with Gasteiger partial charge in [0.05, 0.1) is 24.1 Å². The van der Waals surface area contributed by atoms with Gasteiger partial charge in [0.2, 0.25) is 0 Å². The first-order valence-electron chi connectivity index (χ1n) is 6.85. The molecule has 0 spiro atoms. The summed E-state index contributed by atoms with van der Waals surface area (Å²) in [5, 5.41) is 0.816. The molecule has 1 heterocycles. The van der Waals surface area contributed by atoms with Crippen molar-refractivity contribution in [3.63, 3.8) is 0 Å². The van der Waals surface area contributed by atoms with Gasteiger partial charge >= 0.3 is 5.97 Å². The van der Waals surface area contributed by atoms with E-state index in [1.165, 1.54) is 7.11 Å². The third-order valence-corrected chi connectivity index (χ3v) is 4.23. The summed E-state index contributed by atoms with van der Waals surface area (Å²) in [7, 11) is 1.35. The maximum atomic E-state index is 12.7. The SMILES string of the molecule is COC(=O)CC1CCCCN1C(=O)c1ccc(Cl)cc1Cl. The van der Waals surface area contributed by atoms with Crippen LogP contribution < -0.4 is 0 Å². The van der Waals surface area contributed by atoms with Crippen LogP contribution in [0.3, 0.4) is 0 Å². The summed E-state index contributed by atoms with van der Waals surface area (Å²) in [6.07, 6.45) is 2.94. The fourth-order valence-corrected chi connectivity index (χ4v) is 3.06. The van der Waals surface area contributed by atoms with E-state index in [1.54, 1.807) is 23.1 Å². The van der Waals surface area contributed by atoms with Crippen molar-refractivity contribution in [3.05, 3.63) is 33.8 Å². The zero-order valence-corrected chi connectivity index (χ0v) is 13.3. The molecular formula is C15H17Cl2NO3. The van der Waals surface area contributed by atoms with Gasteiger partial charge in [-0.2, -0.15) is 0 Å². The van der Waals surface area contributed by atoms with Crippen molar-refractivity contribution in [2.75, 3.05) is 13.7 Å². The summed E-state index contributed by atoms with van der Waals surface area (Å²) < 4.78 is 4.71. The molecule has 0 aromatic heterocycles. The third-order valence-electron chi connectivity index (χ3n) is 3.68. The summed E-state index contributed by atoms with van der Waals surface area (Å²) >= 11 is 12.0. The molecule has 114 valence electrons. The third kappa shape index (κ3) is 3.89. The molecule has 1 amide bonds. The van der Waals surface area contributed by atoms with E-state index < -0.39 is 0 Å². The molecule has 1 aromatic rings. The van der Waals surface area contributed by atoms with Gasteiger partial charge in [0, 0.05) is 17.6 Å². The average Bonchev–Trinajstić information content (AvgIpc) is 2.47. The number of esters is 1. The summed E-state index contributed by atoms with van der Waals surface area (Å²) in [6, 6.07) is 4.68. The predicted molar refractivity (Wildman–Crippen MR) is 81.8 cm³/mol. The van der Waals surface area contributed by atoms with Crippen LogP contribution in [0.25, 0.3) is 0 Å². The summed E-state index contributed by atoms with van der Waals surface area (Å²) in [6.45, 7) is 0.624. The second kappa shape index (κ2) is 7.14. The molecule has 1 unspecified atom stereocenters. The second-order valence-electron chi connectivity index (χ2n) is 5.05. The fourth-order valence-electron chi connectivity index (χ4n) is 2.57. The highest BCUT2D eigenvalue weighted by Gasteiger charge is 2.30. The Bertz CT molecular complexity index is 548. The van der Waals surface area contributed by atoms with Gasteiger partial charge in [0.15, 0.2) is 0 Å². The smallest absolute Gasteiger partial charge is 0.307 e. The van der Waals surface area contributed by atoms with Gasteiger partial charge in [-0.25, -0.2) is 0 Å². The molecule has 1 fully saturated rings. The van der Waals surface area contributed by atoms with Gasteiger partial charge in [0.1, 0.15) is 0 Å². The molecule has 0 aliphatic carbocycles. The number of piperidine rings is 1. The minimum absolute atomic E-state index is 0.134. The molecule has 2 rings (SSSR count).